The first-order valence-electron chi connectivity index (χ1n) is 10.1. The first kappa shape index (κ1) is 19.7. The van der Waals surface area contributed by atoms with Crippen LogP contribution in [0.5, 0.6) is 5.75 Å². The van der Waals surface area contributed by atoms with Crippen LogP contribution in [-0.2, 0) is 6.42 Å². The minimum atomic E-state index is -0.257. The number of hydrogen-bond donors (Lipinski definition) is 1. The molecule has 4 rings (SSSR count). The Hall–Kier alpha value is -3.60. The third-order valence-electron chi connectivity index (χ3n) is 5.35. The van der Waals surface area contributed by atoms with E-state index in [1.54, 1.807) is 42.5 Å². The number of para-hydroxylation sites is 2. The number of carbonyl (C=O) groups is 2. The van der Waals surface area contributed by atoms with Crippen molar-refractivity contribution in [3.63, 3.8) is 0 Å². The lowest BCUT2D eigenvalue weighted by Crippen LogP contribution is -2.31. The topological polar surface area (TPSA) is 58.6 Å². The summed E-state index contributed by atoms with van der Waals surface area (Å²) >= 11 is 0. The van der Waals surface area contributed by atoms with Crippen LogP contribution < -0.4 is 15.0 Å². The molecule has 0 aromatic heterocycles. The maximum Gasteiger partial charge on any atom is 0.259 e. The van der Waals surface area contributed by atoms with Gasteiger partial charge in [0.1, 0.15) is 5.75 Å². The van der Waals surface area contributed by atoms with Gasteiger partial charge in [-0.05, 0) is 67.3 Å². The van der Waals surface area contributed by atoms with Crippen LogP contribution in [0.2, 0.25) is 0 Å². The molecule has 5 nitrogen and oxygen atoms in total. The zero-order valence-corrected chi connectivity index (χ0v) is 16.9. The van der Waals surface area contributed by atoms with Gasteiger partial charge in [-0.2, -0.15) is 0 Å². The summed E-state index contributed by atoms with van der Waals surface area (Å²) in [6, 6.07) is 22.2. The Morgan fingerprint density at radius 1 is 0.900 bits per heavy atom. The number of nitrogens with zero attached hydrogens (tertiary/aromatic N) is 1. The highest BCUT2D eigenvalue weighted by molar-refractivity contribution is 6.08. The van der Waals surface area contributed by atoms with E-state index in [9.17, 15) is 9.59 Å². The molecule has 3 aromatic rings. The van der Waals surface area contributed by atoms with Gasteiger partial charge in [0, 0.05) is 23.5 Å². The number of nitrogens with one attached hydrogen (secondary N) is 1. The Morgan fingerprint density at radius 2 is 1.63 bits per heavy atom. The smallest absolute Gasteiger partial charge is 0.259 e. The van der Waals surface area contributed by atoms with E-state index in [0.717, 1.165) is 24.9 Å². The Bertz CT molecular complexity index is 1060. The van der Waals surface area contributed by atoms with Crippen molar-refractivity contribution in [1.29, 1.82) is 0 Å². The summed E-state index contributed by atoms with van der Waals surface area (Å²) < 4.78 is 5.25. The molecule has 0 fully saturated rings. The molecule has 152 valence electrons. The summed E-state index contributed by atoms with van der Waals surface area (Å²) in [5.74, 6) is 0.238. The molecule has 1 N–H and O–H groups in total. The van der Waals surface area contributed by atoms with E-state index in [0.29, 0.717) is 29.1 Å². The van der Waals surface area contributed by atoms with E-state index in [-0.39, 0.29) is 11.8 Å². The van der Waals surface area contributed by atoms with Crippen LogP contribution in [0.3, 0.4) is 0 Å². The zero-order valence-electron chi connectivity index (χ0n) is 16.9. The molecule has 0 spiro atoms. The summed E-state index contributed by atoms with van der Waals surface area (Å²) in [5, 5.41) is 2.86. The molecule has 5 heteroatoms. The lowest BCUT2D eigenvalue weighted by atomic mass is 10.1. The van der Waals surface area contributed by atoms with Crippen molar-refractivity contribution in [1.82, 2.24) is 0 Å². The number of ether oxygens (including phenoxy) is 1. The van der Waals surface area contributed by atoms with E-state index in [1.807, 2.05) is 29.2 Å². The summed E-state index contributed by atoms with van der Waals surface area (Å²) in [5.41, 5.74) is 3.89. The van der Waals surface area contributed by atoms with E-state index in [1.165, 1.54) is 12.7 Å². The number of amides is 2. The number of anilines is 2. The molecule has 2 amide bonds. The van der Waals surface area contributed by atoms with E-state index >= 15 is 0 Å². The second kappa shape index (κ2) is 8.82. The van der Waals surface area contributed by atoms with E-state index in [2.05, 4.69) is 11.4 Å². The van der Waals surface area contributed by atoms with Crippen LogP contribution >= 0.6 is 0 Å². The predicted molar refractivity (Wildman–Crippen MR) is 118 cm³/mol. The van der Waals surface area contributed by atoms with Gasteiger partial charge < -0.3 is 15.0 Å². The number of methoxy groups -OCH3 is 1. The van der Waals surface area contributed by atoms with Gasteiger partial charge in [0.25, 0.3) is 11.8 Å². The van der Waals surface area contributed by atoms with Gasteiger partial charge in [0.15, 0.2) is 0 Å². The highest BCUT2D eigenvalue weighted by atomic mass is 16.5. The second-order valence-electron chi connectivity index (χ2n) is 7.27. The van der Waals surface area contributed by atoms with Crippen molar-refractivity contribution in [2.24, 2.45) is 0 Å². The maximum atomic E-state index is 13.2. The maximum absolute atomic E-state index is 13.2. The lowest BCUT2D eigenvalue weighted by molar-refractivity contribution is 0.0985. The zero-order chi connectivity index (χ0) is 20.9. The number of aryl methyl sites for hydroxylation is 1. The normalized spacial score (nSPS) is 13.2. The molecule has 1 aliphatic rings. The SMILES string of the molecule is COc1ccccc1C(=O)Nc1ccc(C(=O)N2CCCCc3ccccc32)cc1. The molecular weight excluding hydrogens is 376 g/mol. The van der Waals surface area contributed by atoms with Crippen molar-refractivity contribution in [2.45, 2.75) is 19.3 Å². The summed E-state index contributed by atoms with van der Waals surface area (Å²) in [7, 11) is 1.54. The number of carbonyl (C=O) groups excluding carboxylic acids is 2. The van der Waals surface area contributed by atoms with Gasteiger partial charge >= 0.3 is 0 Å². The van der Waals surface area contributed by atoms with Gasteiger partial charge in [-0.25, -0.2) is 0 Å². The number of fused-ring (bicyclic) bond motifs is 1. The number of hydrogen-bond acceptors (Lipinski definition) is 3. The van der Waals surface area contributed by atoms with Crippen LogP contribution in [0.1, 0.15) is 39.1 Å². The van der Waals surface area contributed by atoms with Crippen molar-refractivity contribution in [3.8, 4) is 5.75 Å². The van der Waals surface area contributed by atoms with Crippen molar-refractivity contribution < 1.29 is 14.3 Å². The molecule has 0 bridgehead atoms. The van der Waals surface area contributed by atoms with Gasteiger partial charge in [-0.15, -0.1) is 0 Å². The standard InChI is InChI=1S/C25H24N2O3/c1-30-23-12-5-3-10-21(23)24(28)26-20-15-13-19(14-16-20)25(29)27-17-7-6-9-18-8-2-4-11-22(18)27/h2-5,8,10-16H,6-7,9,17H2,1H3,(H,26,28). The molecule has 30 heavy (non-hydrogen) atoms. The number of benzene rings is 3. The summed E-state index contributed by atoms with van der Waals surface area (Å²) in [4.78, 5) is 27.6. The van der Waals surface area contributed by atoms with Crippen LogP contribution in [-0.4, -0.2) is 25.5 Å². The molecule has 0 radical (unpaired) electrons. The molecule has 1 heterocycles. The first-order chi connectivity index (χ1) is 14.7. The quantitative estimate of drug-likeness (QED) is 0.675. The summed E-state index contributed by atoms with van der Waals surface area (Å²) in [6.07, 6.45) is 3.05. The predicted octanol–water partition coefficient (Wildman–Crippen LogP) is 4.93. The minimum absolute atomic E-state index is 0.0213. The molecule has 3 aromatic carbocycles. The van der Waals surface area contributed by atoms with E-state index < -0.39 is 0 Å². The van der Waals surface area contributed by atoms with Gasteiger partial charge in [0.2, 0.25) is 0 Å². The Morgan fingerprint density at radius 3 is 2.43 bits per heavy atom. The van der Waals surface area contributed by atoms with Crippen molar-refractivity contribution in [3.05, 3.63) is 89.5 Å². The van der Waals surface area contributed by atoms with Crippen LogP contribution in [0.25, 0.3) is 0 Å². The van der Waals surface area contributed by atoms with Crippen molar-refractivity contribution in [2.75, 3.05) is 23.9 Å². The molecular formula is C25H24N2O3. The second-order valence-corrected chi connectivity index (χ2v) is 7.27. The van der Waals surface area contributed by atoms with E-state index in [4.69, 9.17) is 4.74 Å². The largest absolute Gasteiger partial charge is 0.496 e. The lowest BCUT2D eigenvalue weighted by Gasteiger charge is -2.23. The van der Waals surface area contributed by atoms with Crippen LogP contribution in [0.4, 0.5) is 11.4 Å². The Balaban J connectivity index is 1.51. The van der Waals surface area contributed by atoms with Crippen LogP contribution in [0.15, 0.2) is 72.8 Å². The fourth-order valence-electron chi connectivity index (χ4n) is 3.78. The molecule has 0 saturated carbocycles. The third kappa shape index (κ3) is 4.06. The van der Waals surface area contributed by atoms with Gasteiger partial charge in [-0.3, -0.25) is 9.59 Å². The summed E-state index contributed by atoms with van der Waals surface area (Å²) in [6.45, 7) is 0.710. The Kier molecular flexibility index (Phi) is 5.80. The average molecular weight is 400 g/mol. The first-order valence-corrected chi connectivity index (χ1v) is 10.1. The molecule has 0 aliphatic carbocycles. The number of rotatable bonds is 4. The molecule has 0 saturated heterocycles. The highest BCUT2D eigenvalue weighted by Gasteiger charge is 2.22. The fraction of sp³-hybridized carbons (Fsp3) is 0.200. The van der Waals surface area contributed by atoms with Gasteiger partial charge in [0.05, 0.1) is 12.7 Å². The Labute approximate surface area is 176 Å². The van der Waals surface area contributed by atoms with Crippen molar-refractivity contribution >= 4 is 23.2 Å². The molecule has 1 aliphatic heterocycles. The average Bonchev–Trinajstić information content (AvgIpc) is 3.01. The third-order valence-corrected chi connectivity index (χ3v) is 5.35. The monoisotopic (exact) mass is 400 g/mol. The fourth-order valence-corrected chi connectivity index (χ4v) is 3.78. The minimum Gasteiger partial charge on any atom is -0.496 e. The van der Waals surface area contributed by atoms with Gasteiger partial charge in [-0.1, -0.05) is 30.3 Å². The molecule has 0 unspecified atom stereocenters. The highest BCUT2D eigenvalue weighted by Crippen LogP contribution is 2.28. The van der Waals surface area contributed by atoms with Crippen LogP contribution in [0, 0.1) is 0 Å². The molecule has 0 atom stereocenters.